The summed E-state index contributed by atoms with van der Waals surface area (Å²) < 4.78 is 39.2. The molecule has 1 aromatic carbocycles. The van der Waals surface area contributed by atoms with E-state index < -0.39 is 36.4 Å². The molecule has 1 aliphatic heterocycles. The average molecular weight is 356 g/mol. The van der Waals surface area contributed by atoms with Gasteiger partial charge in [0.05, 0.1) is 10.0 Å². The summed E-state index contributed by atoms with van der Waals surface area (Å²) >= 11 is 11.5. The Bertz CT molecular complexity index is 635. The van der Waals surface area contributed by atoms with Crippen LogP contribution in [0.4, 0.5) is 13.2 Å². The van der Waals surface area contributed by atoms with Crippen LogP contribution >= 0.6 is 23.2 Å². The van der Waals surface area contributed by atoms with Crippen LogP contribution in [-0.4, -0.2) is 41.1 Å². The maximum Gasteiger partial charge on any atom is 0.406 e. The van der Waals surface area contributed by atoms with Crippen molar-refractivity contribution < 1.29 is 27.9 Å². The van der Waals surface area contributed by atoms with Crippen molar-refractivity contribution in [3.8, 4) is 0 Å². The van der Waals surface area contributed by atoms with Crippen molar-refractivity contribution in [2.45, 2.75) is 12.6 Å². The van der Waals surface area contributed by atoms with E-state index in [1.54, 1.807) is 0 Å². The lowest BCUT2D eigenvalue weighted by molar-refractivity contribution is -0.227. The van der Waals surface area contributed by atoms with Crippen LogP contribution < -0.4 is 0 Å². The molecule has 4 nitrogen and oxygen atoms in total. The quantitative estimate of drug-likeness (QED) is 0.883. The lowest BCUT2D eigenvalue weighted by atomic mass is 9.86. The van der Waals surface area contributed by atoms with Gasteiger partial charge in [-0.3, -0.25) is 9.59 Å². The van der Waals surface area contributed by atoms with Crippen molar-refractivity contribution in [2.75, 3.05) is 13.1 Å². The highest BCUT2D eigenvalue weighted by molar-refractivity contribution is 6.42. The van der Waals surface area contributed by atoms with Crippen molar-refractivity contribution >= 4 is 35.1 Å². The fourth-order valence-electron chi connectivity index (χ4n) is 2.32. The Morgan fingerprint density at radius 2 is 1.86 bits per heavy atom. The fourth-order valence-corrected chi connectivity index (χ4v) is 2.62. The van der Waals surface area contributed by atoms with Gasteiger partial charge in [-0.2, -0.15) is 13.2 Å². The normalized spacial score (nSPS) is 22.0. The highest BCUT2D eigenvalue weighted by atomic mass is 35.5. The van der Waals surface area contributed by atoms with Crippen LogP contribution in [0.2, 0.25) is 10.0 Å². The topological polar surface area (TPSA) is 57.6 Å². The number of carbonyl (C=O) groups excluding carboxylic acids is 1. The summed E-state index contributed by atoms with van der Waals surface area (Å²) in [5.41, 5.74) is -2.88. The number of alkyl halides is 3. The van der Waals surface area contributed by atoms with Crippen molar-refractivity contribution in [1.82, 2.24) is 4.90 Å². The van der Waals surface area contributed by atoms with Gasteiger partial charge in [-0.25, -0.2) is 0 Å². The standard InChI is InChI=1S/C13H10Cl2F3NO3/c14-8-2-1-7(5-9(8)15)10(20)19-4-3-12(6-19,11(21)22)13(16,17)18/h1-2,5H,3-4,6H2,(H,21,22). The summed E-state index contributed by atoms with van der Waals surface area (Å²) in [6, 6.07) is 3.91. The van der Waals surface area contributed by atoms with Crippen molar-refractivity contribution in [3.63, 3.8) is 0 Å². The third-order valence-electron chi connectivity index (χ3n) is 3.68. The minimum absolute atomic E-state index is 0.0535. The number of benzene rings is 1. The van der Waals surface area contributed by atoms with Gasteiger partial charge in [0.1, 0.15) is 0 Å². The lowest BCUT2D eigenvalue weighted by Crippen LogP contribution is -2.47. The molecule has 0 aliphatic carbocycles. The number of carboxylic acid groups (broad SMARTS) is 1. The Kier molecular flexibility index (Phi) is 4.32. The summed E-state index contributed by atoms with van der Waals surface area (Å²) in [5.74, 6) is -2.70. The number of hydrogen-bond acceptors (Lipinski definition) is 2. The number of aliphatic carboxylic acids is 1. The largest absolute Gasteiger partial charge is 0.481 e. The van der Waals surface area contributed by atoms with Gasteiger partial charge in [0.2, 0.25) is 0 Å². The molecule has 1 heterocycles. The molecule has 1 amide bonds. The van der Waals surface area contributed by atoms with Crippen molar-refractivity contribution in [2.24, 2.45) is 5.41 Å². The number of nitrogens with zero attached hydrogens (tertiary/aromatic N) is 1. The molecule has 0 radical (unpaired) electrons. The third kappa shape index (κ3) is 2.75. The number of carbonyl (C=O) groups is 2. The number of amides is 1. The second kappa shape index (κ2) is 5.62. The Morgan fingerprint density at radius 1 is 1.23 bits per heavy atom. The number of hydrogen-bond donors (Lipinski definition) is 1. The van der Waals surface area contributed by atoms with E-state index >= 15 is 0 Å². The van der Waals surface area contributed by atoms with Crippen LogP contribution in [0.5, 0.6) is 0 Å². The number of carboxylic acids is 1. The van der Waals surface area contributed by atoms with Gasteiger partial charge in [0.25, 0.3) is 5.91 Å². The molecule has 1 fully saturated rings. The molecule has 2 rings (SSSR count). The van der Waals surface area contributed by atoms with Crippen LogP contribution in [0.15, 0.2) is 18.2 Å². The summed E-state index contributed by atoms with van der Waals surface area (Å²) in [7, 11) is 0. The van der Waals surface area contributed by atoms with Crippen LogP contribution in [0, 0.1) is 5.41 Å². The smallest absolute Gasteiger partial charge is 0.406 e. The van der Waals surface area contributed by atoms with Gasteiger partial charge in [0.15, 0.2) is 5.41 Å². The highest BCUT2D eigenvalue weighted by Gasteiger charge is 2.64. The van der Waals surface area contributed by atoms with Gasteiger partial charge in [-0.15, -0.1) is 0 Å². The molecule has 1 aliphatic rings. The molecule has 1 N–H and O–H groups in total. The molecule has 0 spiro atoms. The fraction of sp³-hybridized carbons (Fsp3) is 0.385. The molecule has 0 saturated carbocycles. The SMILES string of the molecule is O=C(c1ccc(Cl)c(Cl)c1)N1CCC(C(=O)O)(C(F)(F)F)C1. The first-order chi connectivity index (χ1) is 10.1. The van der Waals surface area contributed by atoms with Gasteiger partial charge in [-0.05, 0) is 24.6 Å². The molecule has 1 unspecified atom stereocenters. The van der Waals surface area contributed by atoms with Gasteiger partial charge >= 0.3 is 12.1 Å². The predicted octanol–water partition coefficient (Wildman–Crippen LogP) is 3.47. The Morgan fingerprint density at radius 3 is 2.32 bits per heavy atom. The van der Waals surface area contributed by atoms with Gasteiger partial charge in [0, 0.05) is 18.7 Å². The van der Waals surface area contributed by atoms with E-state index in [-0.39, 0.29) is 22.2 Å². The molecule has 120 valence electrons. The Hall–Kier alpha value is -1.47. The van der Waals surface area contributed by atoms with E-state index in [1.165, 1.54) is 18.2 Å². The zero-order valence-electron chi connectivity index (χ0n) is 11.0. The summed E-state index contributed by atoms with van der Waals surface area (Å²) in [5, 5.41) is 9.25. The van der Waals surface area contributed by atoms with Crippen molar-refractivity contribution in [1.29, 1.82) is 0 Å². The molecule has 1 saturated heterocycles. The average Bonchev–Trinajstić information content (AvgIpc) is 2.87. The predicted molar refractivity (Wildman–Crippen MR) is 73.1 cm³/mol. The second-order valence-corrected chi connectivity index (χ2v) is 5.81. The maximum absolute atomic E-state index is 13.1. The molecule has 1 aromatic rings. The van der Waals surface area contributed by atoms with E-state index in [9.17, 15) is 22.8 Å². The van der Waals surface area contributed by atoms with Gasteiger partial charge in [-0.1, -0.05) is 23.2 Å². The third-order valence-corrected chi connectivity index (χ3v) is 4.41. The minimum Gasteiger partial charge on any atom is -0.481 e. The van der Waals surface area contributed by atoms with Crippen LogP contribution in [0.25, 0.3) is 0 Å². The van der Waals surface area contributed by atoms with E-state index in [4.69, 9.17) is 28.3 Å². The van der Waals surface area contributed by atoms with E-state index in [1.807, 2.05) is 0 Å². The van der Waals surface area contributed by atoms with Crippen LogP contribution in [0.3, 0.4) is 0 Å². The molecule has 0 bridgehead atoms. The Labute approximate surface area is 133 Å². The summed E-state index contributed by atoms with van der Waals surface area (Å²) in [4.78, 5) is 24.2. The zero-order chi connectivity index (χ0) is 16.7. The van der Waals surface area contributed by atoms with Crippen LogP contribution in [-0.2, 0) is 4.79 Å². The highest BCUT2D eigenvalue weighted by Crippen LogP contribution is 2.46. The molecular weight excluding hydrogens is 346 g/mol. The number of likely N-dealkylation sites (tertiary alicyclic amines) is 1. The van der Waals surface area contributed by atoms with E-state index in [0.29, 0.717) is 0 Å². The maximum atomic E-state index is 13.1. The van der Waals surface area contributed by atoms with E-state index in [0.717, 1.165) is 4.90 Å². The summed E-state index contributed by atoms with van der Waals surface area (Å²) in [6.45, 7) is -1.23. The van der Waals surface area contributed by atoms with Gasteiger partial charge < -0.3 is 10.0 Å². The monoisotopic (exact) mass is 355 g/mol. The number of halogens is 5. The zero-order valence-corrected chi connectivity index (χ0v) is 12.5. The van der Waals surface area contributed by atoms with E-state index in [2.05, 4.69) is 0 Å². The Balaban J connectivity index is 2.27. The number of rotatable bonds is 2. The summed E-state index contributed by atoms with van der Waals surface area (Å²) in [6.07, 6.45) is -5.62. The van der Waals surface area contributed by atoms with Crippen LogP contribution in [0.1, 0.15) is 16.8 Å². The molecule has 1 atom stereocenters. The molecule has 22 heavy (non-hydrogen) atoms. The molecule has 0 aromatic heterocycles. The second-order valence-electron chi connectivity index (χ2n) is 4.99. The lowest BCUT2D eigenvalue weighted by Gasteiger charge is -2.27. The minimum atomic E-state index is -4.94. The first-order valence-corrected chi connectivity index (χ1v) is 6.88. The van der Waals surface area contributed by atoms with Crippen molar-refractivity contribution in [3.05, 3.63) is 33.8 Å². The molecule has 9 heteroatoms. The molecular formula is C13H10Cl2F3NO3. The first kappa shape index (κ1) is 16.9. The first-order valence-electron chi connectivity index (χ1n) is 6.13.